The van der Waals surface area contributed by atoms with Crippen LogP contribution in [-0.2, 0) is 4.79 Å². The maximum atomic E-state index is 11.5. The molecular formula is C11H14N2O2. The van der Waals surface area contributed by atoms with Gasteiger partial charge in [-0.1, -0.05) is 6.07 Å². The maximum Gasteiger partial charge on any atom is 0.266 e. The molecule has 1 heterocycles. The van der Waals surface area contributed by atoms with Gasteiger partial charge in [-0.25, -0.2) is 0 Å². The van der Waals surface area contributed by atoms with Gasteiger partial charge in [0, 0.05) is 6.54 Å². The monoisotopic (exact) mass is 206 g/mol. The number of nitrogens with one attached hydrogen (secondary N) is 1. The van der Waals surface area contributed by atoms with Crippen molar-refractivity contribution in [1.82, 2.24) is 0 Å². The van der Waals surface area contributed by atoms with Crippen LogP contribution in [0.15, 0.2) is 12.1 Å². The molecule has 80 valence electrons. The molecule has 0 bridgehead atoms. The van der Waals surface area contributed by atoms with Crippen LogP contribution in [0.5, 0.6) is 5.75 Å². The minimum absolute atomic E-state index is 0.171. The van der Waals surface area contributed by atoms with Gasteiger partial charge in [-0.15, -0.1) is 0 Å². The van der Waals surface area contributed by atoms with Gasteiger partial charge in [0.1, 0.15) is 5.75 Å². The van der Waals surface area contributed by atoms with Gasteiger partial charge in [-0.3, -0.25) is 4.79 Å². The predicted octanol–water partition coefficient (Wildman–Crippen LogP) is 0.962. The quantitative estimate of drug-likeness (QED) is 0.719. The Kier molecular flexibility index (Phi) is 2.36. The Balaban J connectivity index is 2.45. The molecule has 0 fully saturated rings. The number of aryl methyl sites for hydroxylation is 2. The molecule has 1 aliphatic heterocycles. The van der Waals surface area contributed by atoms with E-state index in [1.165, 1.54) is 0 Å². The van der Waals surface area contributed by atoms with Gasteiger partial charge in [0.05, 0.1) is 5.69 Å². The van der Waals surface area contributed by atoms with Gasteiger partial charge >= 0.3 is 0 Å². The van der Waals surface area contributed by atoms with E-state index in [1.54, 1.807) is 0 Å². The number of fused-ring (bicyclic) bond motifs is 1. The first-order valence-electron chi connectivity index (χ1n) is 4.90. The van der Waals surface area contributed by atoms with E-state index >= 15 is 0 Å². The highest BCUT2D eigenvalue weighted by molar-refractivity contribution is 5.98. The molecule has 0 aromatic heterocycles. The highest BCUT2D eigenvalue weighted by Crippen LogP contribution is 2.33. The van der Waals surface area contributed by atoms with E-state index in [4.69, 9.17) is 10.5 Å². The molecule has 0 radical (unpaired) electrons. The van der Waals surface area contributed by atoms with E-state index in [-0.39, 0.29) is 12.5 Å². The molecule has 1 amide bonds. The van der Waals surface area contributed by atoms with E-state index in [0.717, 1.165) is 22.6 Å². The summed E-state index contributed by atoms with van der Waals surface area (Å²) in [6.07, 6.45) is -0.570. The summed E-state index contributed by atoms with van der Waals surface area (Å²) in [6, 6.07) is 3.91. The number of hydrogen-bond acceptors (Lipinski definition) is 3. The Morgan fingerprint density at radius 3 is 2.87 bits per heavy atom. The van der Waals surface area contributed by atoms with Crippen LogP contribution in [0.25, 0.3) is 0 Å². The van der Waals surface area contributed by atoms with Crippen LogP contribution in [0, 0.1) is 13.8 Å². The second kappa shape index (κ2) is 3.55. The molecule has 0 spiro atoms. The summed E-state index contributed by atoms with van der Waals surface area (Å²) in [5, 5.41) is 2.80. The van der Waals surface area contributed by atoms with Crippen molar-refractivity contribution in [3.8, 4) is 5.75 Å². The van der Waals surface area contributed by atoms with Crippen LogP contribution < -0.4 is 15.8 Å². The molecule has 1 aromatic rings. The average Bonchev–Trinajstić information content (AvgIpc) is 2.16. The van der Waals surface area contributed by atoms with Crippen LogP contribution >= 0.6 is 0 Å². The van der Waals surface area contributed by atoms with Crippen molar-refractivity contribution in [3.05, 3.63) is 23.3 Å². The van der Waals surface area contributed by atoms with Crippen LogP contribution in [0.4, 0.5) is 5.69 Å². The summed E-state index contributed by atoms with van der Waals surface area (Å²) < 4.78 is 5.54. The van der Waals surface area contributed by atoms with Crippen molar-refractivity contribution in [2.75, 3.05) is 11.9 Å². The number of ether oxygens (including phenoxy) is 1. The smallest absolute Gasteiger partial charge is 0.266 e. The fourth-order valence-electron chi connectivity index (χ4n) is 1.77. The summed E-state index contributed by atoms with van der Waals surface area (Å²) in [6.45, 7) is 4.13. The number of carbonyl (C=O) groups is 1. The highest BCUT2D eigenvalue weighted by Gasteiger charge is 2.27. The number of nitrogens with two attached hydrogens (primary N) is 1. The summed E-state index contributed by atoms with van der Waals surface area (Å²) in [5.74, 6) is 0.561. The molecule has 3 N–H and O–H groups in total. The zero-order valence-electron chi connectivity index (χ0n) is 8.83. The molecule has 4 nitrogen and oxygen atoms in total. The second-order valence-corrected chi connectivity index (χ2v) is 3.79. The van der Waals surface area contributed by atoms with Gasteiger partial charge in [0.25, 0.3) is 5.91 Å². The second-order valence-electron chi connectivity index (χ2n) is 3.79. The van der Waals surface area contributed by atoms with Crippen LogP contribution in [-0.4, -0.2) is 18.6 Å². The SMILES string of the molecule is Cc1cc(C)c2c(c1)NC(=O)C(CN)O2. The summed E-state index contributed by atoms with van der Waals surface area (Å²) in [7, 11) is 0. The third-order valence-electron chi connectivity index (χ3n) is 2.44. The van der Waals surface area contributed by atoms with Gasteiger partial charge in [-0.05, 0) is 31.0 Å². The number of hydrogen-bond donors (Lipinski definition) is 2. The maximum absolute atomic E-state index is 11.5. The zero-order valence-corrected chi connectivity index (χ0v) is 8.83. The number of rotatable bonds is 1. The fourth-order valence-corrected chi connectivity index (χ4v) is 1.77. The molecule has 15 heavy (non-hydrogen) atoms. The minimum atomic E-state index is -0.570. The van der Waals surface area contributed by atoms with Gasteiger partial charge in [0.2, 0.25) is 0 Å². The molecule has 2 rings (SSSR count). The van der Waals surface area contributed by atoms with Crippen molar-refractivity contribution < 1.29 is 9.53 Å². The topological polar surface area (TPSA) is 64.4 Å². The fraction of sp³-hybridized carbons (Fsp3) is 0.364. The van der Waals surface area contributed by atoms with Gasteiger partial charge < -0.3 is 15.8 Å². The zero-order chi connectivity index (χ0) is 11.0. The van der Waals surface area contributed by atoms with Crippen LogP contribution in [0.2, 0.25) is 0 Å². The summed E-state index contributed by atoms with van der Waals surface area (Å²) in [5.41, 5.74) is 8.30. The lowest BCUT2D eigenvalue weighted by Gasteiger charge is -2.26. The average molecular weight is 206 g/mol. The molecule has 0 aliphatic carbocycles. The van der Waals surface area contributed by atoms with Crippen LogP contribution in [0.3, 0.4) is 0 Å². The summed E-state index contributed by atoms with van der Waals surface area (Å²) >= 11 is 0. The molecule has 1 unspecified atom stereocenters. The van der Waals surface area contributed by atoms with Crippen molar-refractivity contribution in [2.45, 2.75) is 20.0 Å². The Labute approximate surface area is 88.4 Å². The number of benzene rings is 1. The number of anilines is 1. The Morgan fingerprint density at radius 2 is 2.20 bits per heavy atom. The lowest BCUT2D eigenvalue weighted by Crippen LogP contribution is -2.42. The van der Waals surface area contributed by atoms with E-state index in [1.807, 2.05) is 26.0 Å². The van der Waals surface area contributed by atoms with Gasteiger partial charge in [0.15, 0.2) is 6.10 Å². The largest absolute Gasteiger partial charge is 0.477 e. The molecular weight excluding hydrogens is 192 g/mol. The van der Waals surface area contributed by atoms with Crippen molar-refractivity contribution in [3.63, 3.8) is 0 Å². The van der Waals surface area contributed by atoms with E-state index in [2.05, 4.69) is 5.32 Å². The summed E-state index contributed by atoms with van der Waals surface area (Å²) in [4.78, 5) is 11.5. The third kappa shape index (κ3) is 1.68. The lowest BCUT2D eigenvalue weighted by atomic mass is 10.1. The Bertz CT molecular complexity index is 415. The standard InChI is InChI=1S/C11H14N2O2/c1-6-3-7(2)10-8(4-6)13-11(14)9(5-12)15-10/h3-4,9H,5,12H2,1-2H3,(H,13,14). The lowest BCUT2D eigenvalue weighted by molar-refractivity contribution is -0.123. The molecule has 0 saturated heterocycles. The van der Waals surface area contributed by atoms with E-state index in [9.17, 15) is 4.79 Å². The number of carbonyl (C=O) groups excluding carboxylic acids is 1. The molecule has 1 aromatic carbocycles. The Hall–Kier alpha value is -1.55. The van der Waals surface area contributed by atoms with E-state index in [0.29, 0.717) is 0 Å². The number of amides is 1. The highest BCUT2D eigenvalue weighted by atomic mass is 16.5. The molecule has 4 heteroatoms. The van der Waals surface area contributed by atoms with Crippen LogP contribution in [0.1, 0.15) is 11.1 Å². The molecule has 1 aliphatic rings. The Morgan fingerprint density at radius 1 is 1.47 bits per heavy atom. The van der Waals surface area contributed by atoms with Crippen molar-refractivity contribution in [2.24, 2.45) is 5.73 Å². The van der Waals surface area contributed by atoms with Crippen molar-refractivity contribution >= 4 is 11.6 Å². The molecule has 1 atom stereocenters. The predicted molar refractivity (Wildman–Crippen MR) is 58.0 cm³/mol. The first-order valence-corrected chi connectivity index (χ1v) is 4.90. The third-order valence-corrected chi connectivity index (χ3v) is 2.44. The normalized spacial score (nSPS) is 19.1. The van der Waals surface area contributed by atoms with E-state index < -0.39 is 6.10 Å². The minimum Gasteiger partial charge on any atom is -0.477 e. The molecule has 0 saturated carbocycles. The first-order chi connectivity index (χ1) is 7.11. The van der Waals surface area contributed by atoms with Crippen molar-refractivity contribution in [1.29, 1.82) is 0 Å². The van der Waals surface area contributed by atoms with Gasteiger partial charge in [-0.2, -0.15) is 0 Å². The first kappa shape index (κ1) is 9.98.